The van der Waals surface area contributed by atoms with E-state index in [2.05, 4.69) is 49.4 Å². The van der Waals surface area contributed by atoms with Crippen LogP contribution in [0.25, 0.3) is 0 Å². The van der Waals surface area contributed by atoms with Crippen LogP contribution in [-0.2, 0) is 0 Å². The molecule has 0 radical (unpaired) electrons. The third-order valence-electron chi connectivity index (χ3n) is 3.70. The first kappa shape index (κ1) is 12.0. The van der Waals surface area contributed by atoms with Crippen molar-refractivity contribution >= 4 is 15.9 Å². The third kappa shape index (κ3) is 2.50. The summed E-state index contributed by atoms with van der Waals surface area (Å²) >= 11 is 3.55. The van der Waals surface area contributed by atoms with Gasteiger partial charge in [0.1, 0.15) is 0 Å². The van der Waals surface area contributed by atoms with E-state index in [0.29, 0.717) is 11.3 Å². The van der Waals surface area contributed by atoms with Crippen molar-refractivity contribution in [2.24, 2.45) is 11.3 Å². The molecule has 1 heteroatoms. The summed E-state index contributed by atoms with van der Waals surface area (Å²) < 4.78 is 0. The van der Waals surface area contributed by atoms with Gasteiger partial charge in [-0.15, -0.1) is 0 Å². The van der Waals surface area contributed by atoms with Gasteiger partial charge in [-0.1, -0.05) is 46.7 Å². The Labute approximate surface area is 96.6 Å². The van der Waals surface area contributed by atoms with Crippen LogP contribution in [0.5, 0.6) is 0 Å². The van der Waals surface area contributed by atoms with Crippen LogP contribution in [0, 0.1) is 11.3 Å². The number of allylic oxidation sites excluding steroid dienone is 3. The first-order valence-corrected chi connectivity index (χ1v) is 6.50. The smallest absolute Gasteiger partial charge is 0.00395 e. The molecule has 0 amide bonds. The van der Waals surface area contributed by atoms with Crippen molar-refractivity contribution in [1.29, 1.82) is 0 Å². The Bertz CT molecular complexity index is 252. The van der Waals surface area contributed by atoms with Crippen LogP contribution in [0.4, 0.5) is 0 Å². The fourth-order valence-electron chi connectivity index (χ4n) is 2.24. The minimum atomic E-state index is 0.394. The van der Waals surface area contributed by atoms with E-state index >= 15 is 0 Å². The summed E-state index contributed by atoms with van der Waals surface area (Å²) in [5.74, 6) is 0.697. The Balaban J connectivity index is 2.80. The standard InChI is InChI=1S/C13H21Br/c1-10(2)12-6-5-11(3)13(4,9-12)7-8-14/h5,12H,1,6-9H2,2-4H3/t12-,13-/m1/s1. The van der Waals surface area contributed by atoms with Crippen molar-refractivity contribution < 1.29 is 0 Å². The van der Waals surface area contributed by atoms with Crippen LogP contribution in [0.15, 0.2) is 23.8 Å². The first-order valence-electron chi connectivity index (χ1n) is 5.38. The normalized spacial score (nSPS) is 32.6. The third-order valence-corrected chi connectivity index (χ3v) is 4.10. The fourth-order valence-corrected chi connectivity index (χ4v) is 3.11. The molecule has 0 aromatic carbocycles. The van der Waals surface area contributed by atoms with E-state index in [1.807, 2.05) is 0 Å². The molecule has 0 heterocycles. The van der Waals surface area contributed by atoms with Gasteiger partial charge in [0.2, 0.25) is 0 Å². The van der Waals surface area contributed by atoms with Gasteiger partial charge in [-0.2, -0.15) is 0 Å². The Hall–Kier alpha value is -0.0400. The molecule has 1 rings (SSSR count). The lowest BCUT2D eigenvalue weighted by Gasteiger charge is -2.38. The van der Waals surface area contributed by atoms with Gasteiger partial charge in [-0.05, 0) is 44.4 Å². The maximum Gasteiger partial charge on any atom is 0.00395 e. The number of hydrogen-bond donors (Lipinski definition) is 0. The summed E-state index contributed by atoms with van der Waals surface area (Å²) in [6.07, 6.45) is 6.11. The number of alkyl halides is 1. The van der Waals surface area contributed by atoms with Crippen LogP contribution >= 0.6 is 15.9 Å². The fraction of sp³-hybridized carbons (Fsp3) is 0.692. The zero-order chi connectivity index (χ0) is 10.8. The highest BCUT2D eigenvalue weighted by Gasteiger charge is 2.32. The van der Waals surface area contributed by atoms with Crippen LogP contribution in [0.2, 0.25) is 0 Å². The van der Waals surface area contributed by atoms with Crippen molar-refractivity contribution in [2.75, 3.05) is 5.33 Å². The molecule has 0 saturated carbocycles. The lowest BCUT2D eigenvalue weighted by atomic mass is 9.67. The van der Waals surface area contributed by atoms with Crippen molar-refractivity contribution in [1.82, 2.24) is 0 Å². The summed E-state index contributed by atoms with van der Waals surface area (Å²) in [4.78, 5) is 0. The summed E-state index contributed by atoms with van der Waals surface area (Å²) in [6.45, 7) is 10.9. The van der Waals surface area contributed by atoms with Gasteiger partial charge in [0.25, 0.3) is 0 Å². The van der Waals surface area contributed by atoms with E-state index in [4.69, 9.17) is 0 Å². The average Bonchev–Trinajstić information content (AvgIpc) is 2.10. The largest absolute Gasteiger partial charge is 0.0998 e. The van der Waals surface area contributed by atoms with E-state index in [1.165, 1.54) is 24.8 Å². The molecule has 0 unspecified atom stereocenters. The lowest BCUT2D eigenvalue weighted by Crippen LogP contribution is -2.26. The van der Waals surface area contributed by atoms with Gasteiger partial charge in [0.15, 0.2) is 0 Å². The zero-order valence-corrected chi connectivity index (χ0v) is 11.2. The topological polar surface area (TPSA) is 0 Å². The lowest BCUT2D eigenvalue weighted by molar-refractivity contribution is 0.284. The van der Waals surface area contributed by atoms with Gasteiger partial charge in [0.05, 0.1) is 0 Å². The van der Waals surface area contributed by atoms with E-state index in [-0.39, 0.29) is 0 Å². The van der Waals surface area contributed by atoms with Crippen molar-refractivity contribution in [2.45, 2.75) is 40.0 Å². The summed E-state index contributed by atoms with van der Waals surface area (Å²) in [7, 11) is 0. The van der Waals surface area contributed by atoms with E-state index in [1.54, 1.807) is 5.57 Å². The van der Waals surface area contributed by atoms with Crippen LogP contribution < -0.4 is 0 Å². The second-order valence-corrected chi connectivity index (χ2v) is 5.66. The van der Waals surface area contributed by atoms with Crippen molar-refractivity contribution in [3.05, 3.63) is 23.8 Å². The second kappa shape index (κ2) is 4.65. The van der Waals surface area contributed by atoms with Crippen LogP contribution in [0.1, 0.15) is 40.0 Å². The molecule has 0 bridgehead atoms. The highest BCUT2D eigenvalue weighted by molar-refractivity contribution is 9.09. The number of halogens is 1. The molecule has 0 aromatic heterocycles. The quantitative estimate of drug-likeness (QED) is 0.507. The Morgan fingerprint density at radius 3 is 2.86 bits per heavy atom. The summed E-state index contributed by atoms with van der Waals surface area (Å²) in [5.41, 5.74) is 3.30. The predicted molar refractivity (Wildman–Crippen MR) is 67.8 cm³/mol. The highest BCUT2D eigenvalue weighted by atomic mass is 79.9. The van der Waals surface area contributed by atoms with Gasteiger partial charge < -0.3 is 0 Å². The summed E-state index contributed by atoms with van der Waals surface area (Å²) in [5, 5.41) is 1.09. The Morgan fingerprint density at radius 1 is 1.71 bits per heavy atom. The minimum Gasteiger partial charge on any atom is -0.0998 e. The predicted octanol–water partition coefficient (Wildman–Crippen LogP) is 4.71. The molecule has 0 aromatic rings. The highest BCUT2D eigenvalue weighted by Crippen LogP contribution is 2.44. The number of rotatable bonds is 3. The molecule has 1 aliphatic rings. The minimum absolute atomic E-state index is 0.394. The first-order chi connectivity index (χ1) is 6.49. The van der Waals surface area contributed by atoms with Crippen molar-refractivity contribution in [3.63, 3.8) is 0 Å². The molecular weight excluding hydrogens is 236 g/mol. The molecule has 0 fully saturated rings. The maximum atomic E-state index is 4.09. The second-order valence-electron chi connectivity index (χ2n) is 4.87. The molecule has 0 saturated heterocycles. The van der Waals surface area contributed by atoms with Gasteiger partial charge in [0, 0.05) is 5.33 Å². The Kier molecular flexibility index (Phi) is 4.00. The van der Waals surface area contributed by atoms with E-state index in [9.17, 15) is 0 Å². The summed E-state index contributed by atoms with van der Waals surface area (Å²) in [6, 6.07) is 0. The van der Waals surface area contributed by atoms with E-state index in [0.717, 1.165) is 5.33 Å². The molecule has 14 heavy (non-hydrogen) atoms. The van der Waals surface area contributed by atoms with Gasteiger partial charge >= 0.3 is 0 Å². The van der Waals surface area contributed by atoms with Gasteiger partial charge in [-0.3, -0.25) is 0 Å². The molecule has 0 nitrogen and oxygen atoms in total. The molecule has 0 spiro atoms. The molecule has 0 aliphatic heterocycles. The van der Waals surface area contributed by atoms with Gasteiger partial charge in [-0.25, -0.2) is 0 Å². The average molecular weight is 257 g/mol. The van der Waals surface area contributed by atoms with Crippen LogP contribution in [0.3, 0.4) is 0 Å². The molecular formula is C13H21Br. The zero-order valence-electron chi connectivity index (χ0n) is 9.57. The molecule has 2 atom stereocenters. The van der Waals surface area contributed by atoms with Crippen molar-refractivity contribution in [3.8, 4) is 0 Å². The molecule has 80 valence electrons. The number of hydrogen-bond acceptors (Lipinski definition) is 0. The van der Waals surface area contributed by atoms with E-state index < -0.39 is 0 Å². The monoisotopic (exact) mass is 256 g/mol. The van der Waals surface area contributed by atoms with Crippen LogP contribution in [-0.4, -0.2) is 5.33 Å². The SMILES string of the molecule is C=C(C)[C@@H]1CC=C(C)[C@](C)(CCBr)C1. The Morgan fingerprint density at radius 2 is 2.36 bits per heavy atom. The maximum absolute atomic E-state index is 4.09. The molecule has 1 aliphatic carbocycles. The molecule has 0 N–H and O–H groups in total.